The molecule has 0 saturated carbocycles. The number of halogens is 5. The zero-order valence-electron chi connectivity index (χ0n) is 21.9. The zero-order chi connectivity index (χ0) is 29.5. The van der Waals surface area contributed by atoms with E-state index in [0.29, 0.717) is 32.6 Å². The van der Waals surface area contributed by atoms with Gasteiger partial charge in [-0.3, -0.25) is 4.98 Å². The maximum atomic E-state index is 13.3. The van der Waals surface area contributed by atoms with E-state index in [1.54, 1.807) is 19.9 Å². The number of hydrogen-bond donors (Lipinski definition) is 1. The number of hydrogen-bond acceptors (Lipinski definition) is 7. The Bertz CT molecular complexity index is 1490. The van der Waals surface area contributed by atoms with Gasteiger partial charge < -0.3 is 19.5 Å². The molecule has 1 atom stereocenters. The molecule has 0 aliphatic rings. The number of thiophene rings is 1. The molecule has 0 amide bonds. The first-order chi connectivity index (χ1) is 19.6. The van der Waals surface area contributed by atoms with Crippen LogP contribution >= 0.6 is 57.1 Å². The number of para-hydroxylation sites is 1. The normalized spacial score (nSPS) is 11.9. The second kappa shape index (κ2) is 14.5. The van der Waals surface area contributed by atoms with Crippen molar-refractivity contribution in [2.45, 2.75) is 45.6 Å². The third-order valence-electron chi connectivity index (χ3n) is 5.70. The van der Waals surface area contributed by atoms with Gasteiger partial charge in [0, 0.05) is 39.5 Å². The smallest absolute Gasteiger partial charge is 0.387 e. The van der Waals surface area contributed by atoms with Gasteiger partial charge in [-0.1, -0.05) is 41.4 Å². The minimum absolute atomic E-state index is 0.0887. The van der Waals surface area contributed by atoms with E-state index in [1.807, 2.05) is 30.3 Å². The Morgan fingerprint density at radius 3 is 2.44 bits per heavy atom. The van der Waals surface area contributed by atoms with Crippen LogP contribution < -0.4 is 14.8 Å². The molecule has 1 N–H and O–H groups in total. The zero-order valence-corrected chi connectivity index (χ0v) is 26.4. The molecular formula is C29H25Cl2F2IN2O4S. The molecule has 41 heavy (non-hydrogen) atoms. The van der Waals surface area contributed by atoms with E-state index in [-0.39, 0.29) is 24.0 Å². The highest BCUT2D eigenvalue weighted by molar-refractivity contribution is 14.1. The van der Waals surface area contributed by atoms with E-state index >= 15 is 0 Å². The molecule has 1 unspecified atom stereocenters. The Morgan fingerprint density at radius 2 is 1.76 bits per heavy atom. The number of carbonyl (C=O) groups excluding carboxylic acids is 1. The van der Waals surface area contributed by atoms with Gasteiger partial charge in [-0.2, -0.15) is 8.78 Å². The molecule has 12 heteroatoms. The third-order valence-corrected chi connectivity index (χ3v) is 8.36. The molecule has 0 aliphatic heterocycles. The summed E-state index contributed by atoms with van der Waals surface area (Å²) in [5.41, 5.74) is 2.00. The molecule has 0 aliphatic carbocycles. The standard InChI is InChI=1S/C29H25Cl2F2IN2O4S/c1-16(2)38-26-11-17(7-9-24(26)40-29(32)33)25(12-19-20(30)14-35-15-21(19)31)39-28(37)27-10-8-18(41-27)13-36-23-6-4-3-5-22(23)34/h3-11,14-16,25,29,36H,12-13H2,1-2H3. The van der Waals surface area contributed by atoms with Crippen LogP contribution in [0.25, 0.3) is 0 Å². The number of aromatic nitrogens is 1. The first-order valence-corrected chi connectivity index (χ1v) is 15.1. The molecule has 2 aromatic heterocycles. The fourth-order valence-electron chi connectivity index (χ4n) is 3.87. The van der Waals surface area contributed by atoms with Crippen LogP contribution in [-0.4, -0.2) is 23.7 Å². The summed E-state index contributed by atoms with van der Waals surface area (Å²) < 4.78 is 43.5. The average molecular weight is 733 g/mol. The lowest BCUT2D eigenvalue weighted by molar-refractivity contribution is -0.0519. The van der Waals surface area contributed by atoms with Crippen molar-refractivity contribution in [2.24, 2.45) is 0 Å². The van der Waals surface area contributed by atoms with E-state index in [4.69, 9.17) is 32.7 Å². The molecule has 0 bridgehead atoms. The van der Waals surface area contributed by atoms with Gasteiger partial charge in [-0.25, -0.2) is 4.79 Å². The van der Waals surface area contributed by atoms with Crippen molar-refractivity contribution in [3.8, 4) is 11.5 Å². The summed E-state index contributed by atoms with van der Waals surface area (Å²) in [5.74, 6) is -0.599. The fourth-order valence-corrected chi connectivity index (χ4v) is 5.79. The number of benzene rings is 2. The Labute approximate surface area is 264 Å². The number of esters is 1. The first kappa shape index (κ1) is 31.3. The number of alkyl halides is 2. The van der Waals surface area contributed by atoms with E-state index in [1.165, 1.54) is 41.9 Å². The van der Waals surface area contributed by atoms with Crippen molar-refractivity contribution in [1.82, 2.24) is 4.98 Å². The summed E-state index contributed by atoms with van der Waals surface area (Å²) in [7, 11) is 0. The van der Waals surface area contributed by atoms with Gasteiger partial charge >= 0.3 is 12.6 Å². The molecule has 4 aromatic rings. The SMILES string of the molecule is CC(C)Oc1cc(C(Cc2c(Cl)cncc2Cl)OC(=O)c2ccc(CNc3ccccc3I)s2)ccc1OC(F)F. The van der Waals surface area contributed by atoms with E-state index < -0.39 is 18.7 Å². The number of nitrogens with zero attached hydrogens (tertiary/aromatic N) is 1. The highest BCUT2D eigenvalue weighted by atomic mass is 127. The summed E-state index contributed by atoms with van der Waals surface area (Å²) in [6.45, 7) is 1.01. The minimum Gasteiger partial charge on any atom is -0.487 e. The number of nitrogens with one attached hydrogen (secondary N) is 1. The molecule has 6 nitrogen and oxygen atoms in total. The number of ether oxygens (including phenoxy) is 3. The highest BCUT2D eigenvalue weighted by Gasteiger charge is 2.25. The van der Waals surface area contributed by atoms with Crippen LogP contribution in [0.5, 0.6) is 11.5 Å². The predicted molar refractivity (Wildman–Crippen MR) is 166 cm³/mol. The van der Waals surface area contributed by atoms with Crippen molar-refractivity contribution in [1.29, 1.82) is 0 Å². The van der Waals surface area contributed by atoms with E-state index in [0.717, 1.165) is 14.1 Å². The number of carbonyl (C=O) groups is 1. The maximum absolute atomic E-state index is 13.3. The topological polar surface area (TPSA) is 69.7 Å². The summed E-state index contributed by atoms with van der Waals surface area (Å²) >= 11 is 16.3. The van der Waals surface area contributed by atoms with Crippen LogP contribution in [0.3, 0.4) is 0 Å². The molecule has 216 valence electrons. The van der Waals surface area contributed by atoms with Crippen LogP contribution in [0, 0.1) is 3.57 Å². The molecule has 0 fully saturated rings. The molecule has 0 radical (unpaired) electrons. The minimum atomic E-state index is -3.04. The Hall–Kier alpha value is -2.67. The maximum Gasteiger partial charge on any atom is 0.387 e. The lowest BCUT2D eigenvalue weighted by Crippen LogP contribution is -2.15. The van der Waals surface area contributed by atoms with Crippen molar-refractivity contribution in [3.63, 3.8) is 0 Å². The Balaban J connectivity index is 1.60. The van der Waals surface area contributed by atoms with Crippen LogP contribution in [0.15, 0.2) is 67.0 Å². The lowest BCUT2D eigenvalue weighted by Gasteiger charge is -2.22. The van der Waals surface area contributed by atoms with Crippen molar-refractivity contribution >= 4 is 68.8 Å². The quantitative estimate of drug-likeness (QED) is 0.116. The van der Waals surface area contributed by atoms with Crippen LogP contribution in [0.4, 0.5) is 14.5 Å². The average Bonchev–Trinajstić information content (AvgIpc) is 3.39. The first-order valence-electron chi connectivity index (χ1n) is 12.4. The van der Waals surface area contributed by atoms with Gasteiger partial charge in [0.25, 0.3) is 0 Å². The van der Waals surface area contributed by atoms with Crippen molar-refractivity contribution < 1.29 is 27.8 Å². The summed E-state index contributed by atoms with van der Waals surface area (Å²) in [4.78, 5) is 18.7. The number of pyridine rings is 1. The molecule has 0 saturated heterocycles. The van der Waals surface area contributed by atoms with E-state index in [2.05, 4.69) is 37.6 Å². The highest BCUT2D eigenvalue weighted by Crippen LogP contribution is 2.37. The molecule has 4 rings (SSSR count). The fraction of sp³-hybridized carbons (Fsp3) is 0.241. The van der Waals surface area contributed by atoms with Crippen LogP contribution in [-0.2, 0) is 17.7 Å². The van der Waals surface area contributed by atoms with Crippen molar-refractivity contribution in [3.05, 3.63) is 101 Å². The second-order valence-electron chi connectivity index (χ2n) is 9.03. The molecular weight excluding hydrogens is 708 g/mol. The predicted octanol–water partition coefficient (Wildman–Crippen LogP) is 9.20. The lowest BCUT2D eigenvalue weighted by atomic mass is 10.0. The van der Waals surface area contributed by atoms with Crippen molar-refractivity contribution in [2.75, 3.05) is 5.32 Å². The molecule has 0 spiro atoms. The Morgan fingerprint density at radius 1 is 1.02 bits per heavy atom. The van der Waals surface area contributed by atoms with E-state index in [9.17, 15) is 13.6 Å². The van der Waals surface area contributed by atoms with Gasteiger partial charge in [0.1, 0.15) is 11.0 Å². The van der Waals surface area contributed by atoms with Gasteiger partial charge in [-0.05, 0) is 84.0 Å². The molecule has 2 aromatic carbocycles. The van der Waals surface area contributed by atoms with Crippen LogP contribution in [0.1, 0.15) is 45.6 Å². The number of anilines is 1. The number of rotatable bonds is 12. The van der Waals surface area contributed by atoms with Gasteiger partial charge in [-0.15, -0.1) is 11.3 Å². The Kier molecular flexibility index (Phi) is 11.0. The van der Waals surface area contributed by atoms with Gasteiger partial charge in [0.05, 0.1) is 16.1 Å². The summed E-state index contributed by atoms with van der Waals surface area (Å²) in [5, 5.41) is 3.97. The van der Waals surface area contributed by atoms with Gasteiger partial charge in [0.2, 0.25) is 0 Å². The monoisotopic (exact) mass is 732 g/mol. The summed E-state index contributed by atoms with van der Waals surface area (Å²) in [6.07, 6.45) is 1.79. The third kappa shape index (κ3) is 8.67. The van der Waals surface area contributed by atoms with Crippen LogP contribution in [0.2, 0.25) is 10.0 Å². The summed E-state index contributed by atoms with van der Waals surface area (Å²) in [6, 6.07) is 15.9. The largest absolute Gasteiger partial charge is 0.487 e. The van der Waals surface area contributed by atoms with Gasteiger partial charge in [0.15, 0.2) is 11.5 Å². The second-order valence-corrected chi connectivity index (χ2v) is 12.2. The molecule has 2 heterocycles.